The molecule has 0 spiro atoms. The molecule has 0 aliphatic heterocycles. The number of fused-ring (bicyclic) bond motifs is 1. The molecule has 5 nitrogen and oxygen atoms in total. The number of nitrogens with zero attached hydrogens (tertiary/aromatic N) is 4. The smallest absolute Gasteiger partial charge is 0.223 e. The van der Waals surface area contributed by atoms with E-state index in [4.69, 9.17) is 9.51 Å². The first-order valence-corrected chi connectivity index (χ1v) is 8.66. The Morgan fingerprint density at radius 3 is 2.54 bits per heavy atom. The molecule has 0 amide bonds. The first kappa shape index (κ1) is 15.0. The molecule has 0 saturated heterocycles. The molecular weight excluding hydrogens is 320 g/mol. The van der Waals surface area contributed by atoms with Crippen molar-refractivity contribution >= 4 is 22.8 Å². The standard InChI is InChI=1S/C18H16N4OS/c1-12-7-9-14(10-8-12)22-16-6-4-3-5-15(16)20-18(22)24-11-17-19-13(2)23-21-17/h3-10H,11H2,1-2H3. The van der Waals surface area contributed by atoms with E-state index in [1.54, 1.807) is 18.7 Å². The van der Waals surface area contributed by atoms with Crippen LogP contribution in [0.5, 0.6) is 0 Å². The minimum Gasteiger partial charge on any atom is -0.340 e. The Morgan fingerprint density at radius 1 is 1.00 bits per heavy atom. The normalized spacial score (nSPS) is 11.2. The average molecular weight is 336 g/mol. The summed E-state index contributed by atoms with van der Waals surface area (Å²) < 4.78 is 7.21. The molecule has 0 fully saturated rings. The molecule has 0 radical (unpaired) electrons. The number of hydrogen-bond donors (Lipinski definition) is 0. The highest BCUT2D eigenvalue weighted by Crippen LogP contribution is 2.29. The van der Waals surface area contributed by atoms with E-state index in [0.717, 1.165) is 21.9 Å². The Labute approximate surface area is 143 Å². The highest BCUT2D eigenvalue weighted by Gasteiger charge is 2.14. The maximum atomic E-state index is 5.04. The van der Waals surface area contributed by atoms with E-state index in [1.807, 2.05) is 18.2 Å². The molecule has 2 aromatic carbocycles. The molecule has 24 heavy (non-hydrogen) atoms. The molecule has 2 heterocycles. The van der Waals surface area contributed by atoms with Gasteiger partial charge in [-0.25, -0.2) is 4.98 Å². The molecule has 0 aliphatic carbocycles. The van der Waals surface area contributed by atoms with Gasteiger partial charge in [0.2, 0.25) is 5.89 Å². The summed E-state index contributed by atoms with van der Waals surface area (Å²) in [5.41, 5.74) is 4.40. The van der Waals surface area contributed by atoms with E-state index < -0.39 is 0 Å². The van der Waals surface area contributed by atoms with Gasteiger partial charge in [-0.3, -0.25) is 4.57 Å². The average Bonchev–Trinajstić information content (AvgIpc) is 3.17. The summed E-state index contributed by atoms with van der Waals surface area (Å²) in [6.07, 6.45) is 0. The second-order valence-electron chi connectivity index (χ2n) is 5.57. The van der Waals surface area contributed by atoms with E-state index in [2.05, 4.69) is 52.0 Å². The van der Waals surface area contributed by atoms with Crippen molar-refractivity contribution < 1.29 is 4.52 Å². The molecule has 0 N–H and O–H groups in total. The number of imidazole rings is 1. The zero-order valence-electron chi connectivity index (χ0n) is 13.4. The van der Waals surface area contributed by atoms with Crippen molar-refractivity contribution in [3.8, 4) is 5.69 Å². The molecule has 2 aromatic heterocycles. The van der Waals surface area contributed by atoms with Crippen molar-refractivity contribution in [1.82, 2.24) is 19.7 Å². The quantitative estimate of drug-likeness (QED) is 0.520. The van der Waals surface area contributed by atoms with E-state index >= 15 is 0 Å². The van der Waals surface area contributed by atoms with Gasteiger partial charge in [-0.2, -0.15) is 4.98 Å². The van der Waals surface area contributed by atoms with Gasteiger partial charge >= 0.3 is 0 Å². The van der Waals surface area contributed by atoms with Gasteiger partial charge in [0, 0.05) is 12.6 Å². The van der Waals surface area contributed by atoms with Crippen LogP contribution in [0, 0.1) is 13.8 Å². The van der Waals surface area contributed by atoms with Crippen molar-refractivity contribution in [3.05, 3.63) is 65.8 Å². The van der Waals surface area contributed by atoms with Crippen LogP contribution < -0.4 is 0 Å². The third kappa shape index (κ3) is 2.80. The van der Waals surface area contributed by atoms with Crippen LogP contribution in [0.1, 0.15) is 17.3 Å². The molecular formula is C18H16N4OS. The highest BCUT2D eigenvalue weighted by molar-refractivity contribution is 7.98. The summed E-state index contributed by atoms with van der Waals surface area (Å²) in [4.78, 5) is 9.03. The predicted molar refractivity (Wildman–Crippen MR) is 94.4 cm³/mol. The van der Waals surface area contributed by atoms with E-state index in [9.17, 15) is 0 Å². The first-order chi connectivity index (χ1) is 11.7. The third-order valence-corrected chi connectivity index (χ3v) is 4.66. The lowest BCUT2D eigenvalue weighted by Crippen LogP contribution is -1.97. The lowest BCUT2D eigenvalue weighted by atomic mass is 10.2. The maximum absolute atomic E-state index is 5.04. The second kappa shape index (κ2) is 6.13. The summed E-state index contributed by atoms with van der Waals surface area (Å²) >= 11 is 1.61. The van der Waals surface area contributed by atoms with Crippen LogP contribution >= 0.6 is 11.8 Å². The van der Waals surface area contributed by atoms with Crippen molar-refractivity contribution in [3.63, 3.8) is 0 Å². The molecule has 6 heteroatoms. The fourth-order valence-electron chi connectivity index (χ4n) is 2.57. The Morgan fingerprint density at radius 2 is 1.79 bits per heavy atom. The number of benzene rings is 2. The first-order valence-electron chi connectivity index (χ1n) is 7.67. The monoisotopic (exact) mass is 336 g/mol. The van der Waals surface area contributed by atoms with Crippen molar-refractivity contribution in [2.24, 2.45) is 0 Å². The molecule has 0 bridgehead atoms. The zero-order valence-corrected chi connectivity index (χ0v) is 14.2. The predicted octanol–water partition coefficient (Wildman–Crippen LogP) is 4.32. The molecule has 0 atom stereocenters. The Hall–Kier alpha value is -2.60. The molecule has 0 aliphatic rings. The van der Waals surface area contributed by atoms with Crippen LogP contribution in [-0.2, 0) is 5.75 Å². The van der Waals surface area contributed by atoms with Crippen LogP contribution in [0.15, 0.2) is 58.2 Å². The third-order valence-electron chi connectivity index (χ3n) is 3.72. The van der Waals surface area contributed by atoms with E-state index in [0.29, 0.717) is 17.5 Å². The van der Waals surface area contributed by atoms with Gasteiger partial charge in [0.1, 0.15) is 0 Å². The topological polar surface area (TPSA) is 56.7 Å². The van der Waals surface area contributed by atoms with Gasteiger partial charge in [0.25, 0.3) is 0 Å². The Kier molecular flexibility index (Phi) is 3.82. The Balaban J connectivity index is 1.76. The van der Waals surface area contributed by atoms with Gasteiger partial charge in [-0.1, -0.05) is 46.7 Å². The van der Waals surface area contributed by atoms with Gasteiger partial charge in [0.05, 0.1) is 16.8 Å². The number of rotatable bonds is 4. The maximum Gasteiger partial charge on any atom is 0.223 e. The number of thioether (sulfide) groups is 1. The van der Waals surface area contributed by atoms with Crippen molar-refractivity contribution in [1.29, 1.82) is 0 Å². The van der Waals surface area contributed by atoms with Crippen molar-refractivity contribution in [2.75, 3.05) is 0 Å². The number of aromatic nitrogens is 4. The van der Waals surface area contributed by atoms with Crippen LogP contribution in [0.4, 0.5) is 0 Å². The lowest BCUT2D eigenvalue weighted by Gasteiger charge is -2.08. The zero-order chi connectivity index (χ0) is 16.5. The highest BCUT2D eigenvalue weighted by atomic mass is 32.2. The summed E-state index contributed by atoms with van der Waals surface area (Å²) in [5.74, 6) is 1.88. The van der Waals surface area contributed by atoms with E-state index in [-0.39, 0.29) is 0 Å². The minimum absolute atomic E-state index is 0.581. The van der Waals surface area contributed by atoms with Crippen LogP contribution in [-0.4, -0.2) is 19.7 Å². The SMILES string of the molecule is Cc1ccc(-n2c(SCc3noc(C)n3)nc3ccccc32)cc1. The number of aryl methyl sites for hydroxylation is 2. The second-order valence-corrected chi connectivity index (χ2v) is 6.51. The number of para-hydroxylation sites is 2. The van der Waals surface area contributed by atoms with Gasteiger partial charge < -0.3 is 4.52 Å². The molecule has 4 rings (SSSR count). The molecule has 120 valence electrons. The molecule has 0 saturated carbocycles. The van der Waals surface area contributed by atoms with Crippen molar-refractivity contribution in [2.45, 2.75) is 24.8 Å². The Bertz CT molecular complexity index is 988. The lowest BCUT2D eigenvalue weighted by molar-refractivity contribution is 0.389. The molecule has 4 aromatic rings. The summed E-state index contributed by atoms with van der Waals surface area (Å²) in [6, 6.07) is 16.6. The largest absolute Gasteiger partial charge is 0.340 e. The molecule has 0 unspecified atom stereocenters. The van der Waals surface area contributed by atoms with Crippen LogP contribution in [0.2, 0.25) is 0 Å². The van der Waals surface area contributed by atoms with Crippen LogP contribution in [0.25, 0.3) is 16.7 Å². The number of hydrogen-bond acceptors (Lipinski definition) is 5. The van der Waals surface area contributed by atoms with Crippen LogP contribution in [0.3, 0.4) is 0 Å². The minimum atomic E-state index is 0.581. The fraction of sp³-hybridized carbons (Fsp3) is 0.167. The van der Waals surface area contributed by atoms with Gasteiger partial charge in [-0.15, -0.1) is 0 Å². The fourth-order valence-corrected chi connectivity index (χ4v) is 3.44. The van der Waals surface area contributed by atoms with Gasteiger partial charge in [0.15, 0.2) is 11.0 Å². The van der Waals surface area contributed by atoms with E-state index in [1.165, 1.54) is 5.56 Å². The van der Waals surface area contributed by atoms with Gasteiger partial charge in [-0.05, 0) is 31.2 Å². The summed E-state index contributed by atoms with van der Waals surface area (Å²) in [7, 11) is 0. The summed E-state index contributed by atoms with van der Waals surface area (Å²) in [5, 5.41) is 4.87. The summed E-state index contributed by atoms with van der Waals surface area (Å²) in [6.45, 7) is 3.88.